The highest BCUT2D eigenvalue weighted by Gasteiger charge is 2.16. The minimum atomic E-state index is -0.460. The Morgan fingerprint density at radius 1 is 1.07 bits per heavy atom. The van der Waals surface area contributed by atoms with Gasteiger partial charge in [0.1, 0.15) is 5.69 Å². The quantitative estimate of drug-likeness (QED) is 0.812. The third-order valence-corrected chi connectivity index (χ3v) is 4.62. The van der Waals surface area contributed by atoms with Crippen molar-refractivity contribution in [2.45, 2.75) is 32.6 Å². The summed E-state index contributed by atoms with van der Waals surface area (Å²) in [6, 6.07) is 10.5. The van der Waals surface area contributed by atoms with Crippen molar-refractivity contribution >= 4 is 23.3 Å². The van der Waals surface area contributed by atoms with Gasteiger partial charge in [-0.2, -0.15) is 0 Å². The fraction of sp³-hybridized carbons (Fsp3) is 0.381. The first kappa shape index (κ1) is 18.9. The van der Waals surface area contributed by atoms with Gasteiger partial charge in [0.15, 0.2) is 0 Å². The summed E-state index contributed by atoms with van der Waals surface area (Å²) in [7, 11) is 0. The number of aromatic nitrogens is 1. The first-order valence-electron chi connectivity index (χ1n) is 9.47. The number of hydrogen-bond acceptors (Lipinski definition) is 5. The first-order valence-corrected chi connectivity index (χ1v) is 9.47. The molecule has 1 saturated heterocycles. The Morgan fingerprint density at radius 3 is 2.48 bits per heavy atom. The number of nitrogens with zero attached hydrogens (tertiary/aromatic N) is 2. The van der Waals surface area contributed by atoms with Crippen molar-refractivity contribution in [3.8, 4) is 0 Å². The summed E-state index contributed by atoms with van der Waals surface area (Å²) < 4.78 is 5.04. The third-order valence-electron chi connectivity index (χ3n) is 4.62. The predicted octanol–water partition coefficient (Wildman–Crippen LogP) is 3.89. The Bertz CT molecular complexity index is 782. The van der Waals surface area contributed by atoms with Crippen molar-refractivity contribution < 1.29 is 14.3 Å². The maximum atomic E-state index is 12.6. The van der Waals surface area contributed by atoms with Crippen LogP contribution in [0.2, 0.25) is 0 Å². The number of anilines is 2. The van der Waals surface area contributed by atoms with Gasteiger partial charge in [-0.3, -0.25) is 4.79 Å². The van der Waals surface area contributed by atoms with Crippen LogP contribution in [-0.4, -0.2) is 36.6 Å². The van der Waals surface area contributed by atoms with Crippen LogP contribution in [-0.2, 0) is 4.74 Å². The van der Waals surface area contributed by atoms with E-state index in [1.807, 2.05) is 6.07 Å². The molecule has 2 heterocycles. The third kappa shape index (κ3) is 4.84. The van der Waals surface area contributed by atoms with E-state index in [-0.39, 0.29) is 12.5 Å². The molecule has 0 saturated carbocycles. The second-order valence-electron chi connectivity index (χ2n) is 6.52. The first-order chi connectivity index (χ1) is 13.2. The van der Waals surface area contributed by atoms with Crippen LogP contribution in [0.1, 0.15) is 53.5 Å². The summed E-state index contributed by atoms with van der Waals surface area (Å²) in [5, 5.41) is 2.76. The van der Waals surface area contributed by atoms with E-state index in [2.05, 4.69) is 15.2 Å². The number of carbonyl (C=O) groups is 2. The van der Waals surface area contributed by atoms with E-state index in [0.717, 1.165) is 18.8 Å². The SMILES string of the molecule is CCOC(=O)c1ccccc1NC(=O)c1ccc(N2CCCCCC2)cn1. The van der Waals surface area contributed by atoms with Crippen molar-refractivity contribution in [1.82, 2.24) is 4.98 Å². The van der Waals surface area contributed by atoms with Crippen LogP contribution in [0, 0.1) is 0 Å². The molecule has 1 aromatic heterocycles. The summed E-state index contributed by atoms with van der Waals surface area (Å²) in [6.45, 7) is 4.08. The largest absolute Gasteiger partial charge is 0.462 e. The van der Waals surface area contributed by atoms with Crippen molar-refractivity contribution in [2.75, 3.05) is 29.9 Å². The maximum absolute atomic E-state index is 12.6. The van der Waals surface area contributed by atoms with Crippen LogP contribution in [0.4, 0.5) is 11.4 Å². The topological polar surface area (TPSA) is 71.5 Å². The van der Waals surface area contributed by atoms with E-state index < -0.39 is 5.97 Å². The van der Waals surface area contributed by atoms with Crippen molar-refractivity contribution in [3.63, 3.8) is 0 Å². The number of ether oxygens (including phenoxy) is 1. The van der Waals surface area contributed by atoms with Gasteiger partial charge in [0.05, 0.1) is 29.7 Å². The van der Waals surface area contributed by atoms with Gasteiger partial charge in [-0.1, -0.05) is 25.0 Å². The number of hydrogen-bond donors (Lipinski definition) is 1. The standard InChI is InChI=1S/C21H25N3O3/c1-2-27-21(26)17-9-5-6-10-18(17)23-20(25)19-12-11-16(15-22-19)24-13-7-3-4-8-14-24/h5-6,9-12,15H,2-4,7-8,13-14H2,1H3,(H,23,25). The number of rotatable bonds is 5. The number of pyridine rings is 1. The van der Waals surface area contributed by atoms with Crippen molar-refractivity contribution in [1.29, 1.82) is 0 Å². The molecule has 6 heteroatoms. The predicted molar refractivity (Wildman–Crippen MR) is 105 cm³/mol. The zero-order chi connectivity index (χ0) is 19.1. The smallest absolute Gasteiger partial charge is 0.340 e. The summed E-state index contributed by atoms with van der Waals surface area (Å²) >= 11 is 0. The zero-order valence-electron chi connectivity index (χ0n) is 15.6. The molecule has 0 bridgehead atoms. The van der Waals surface area contributed by atoms with E-state index in [4.69, 9.17) is 4.74 Å². The van der Waals surface area contributed by atoms with E-state index in [0.29, 0.717) is 16.9 Å². The normalized spacial score (nSPS) is 14.3. The van der Waals surface area contributed by atoms with Gasteiger partial charge in [0.2, 0.25) is 0 Å². The zero-order valence-corrected chi connectivity index (χ0v) is 15.6. The van der Waals surface area contributed by atoms with E-state index >= 15 is 0 Å². The van der Waals surface area contributed by atoms with Crippen molar-refractivity contribution in [3.05, 3.63) is 53.9 Å². The van der Waals surface area contributed by atoms with Gasteiger partial charge < -0.3 is 15.0 Å². The molecule has 0 unspecified atom stereocenters. The minimum absolute atomic E-state index is 0.278. The molecule has 1 fully saturated rings. The number of para-hydroxylation sites is 1. The molecule has 0 atom stereocenters. The number of amides is 1. The van der Waals surface area contributed by atoms with Gasteiger partial charge in [0.25, 0.3) is 5.91 Å². The van der Waals surface area contributed by atoms with Crippen LogP contribution >= 0.6 is 0 Å². The number of nitrogens with one attached hydrogen (secondary N) is 1. The molecule has 1 aromatic carbocycles. The Morgan fingerprint density at radius 2 is 1.81 bits per heavy atom. The van der Waals surface area contributed by atoms with Gasteiger partial charge >= 0.3 is 5.97 Å². The molecule has 1 N–H and O–H groups in total. The maximum Gasteiger partial charge on any atom is 0.340 e. The Kier molecular flexibility index (Phi) is 6.41. The second kappa shape index (κ2) is 9.16. The minimum Gasteiger partial charge on any atom is -0.462 e. The molecule has 0 aliphatic carbocycles. The van der Waals surface area contributed by atoms with Gasteiger partial charge in [-0.15, -0.1) is 0 Å². The summed E-state index contributed by atoms with van der Waals surface area (Å²) in [6.07, 6.45) is 6.66. The fourth-order valence-electron chi connectivity index (χ4n) is 3.20. The Hall–Kier alpha value is -2.89. The lowest BCUT2D eigenvalue weighted by Crippen LogP contribution is -2.24. The summed E-state index contributed by atoms with van der Waals surface area (Å²) in [4.78, 5) is 31.2. The van der Waals surface area contributed by atoms with Gasteiger partial charge in [-0.25, -0.2) is 9.78 Å². The molecule has 1 amide bonds. The van der Waals surface area contributed by atoms with Crippen LogP contribution < -0.4 is 10.2 Å². The van der Waals surface area contributed by atoms with E-state index in [9.17, 15) is 9.59 Å². The number of carbonyl (C=O) groups excluding carboxylic acids is 2. The molecule has 1 aliphatic rings. The second-order valence-corrected chi connectivity index (χ2v) is 6.52. The number of esters is 1. The molecule has 0 spiro atoms. The van der Waals surface area contributed by atoms with Crippen LogP contribution in [0.3, 0.4) is 0 Å². The molecule has 6 nitrogen and oxygen atoms in total. The fourth-order valence-corrected chi connectivity index (χ4v) is 3.20. The van der Waals surface area contributed by atoms with Gasteiger partial charge in [0, 0.05) is 13.1 Å². The Labute approximate surface area is 159 Å². The van der Waals surface area contributed by atoms with Gasteiger partial charge in [-0.05, 0) is 44.0 Å². The summed E-state index contributed by atoms with van der Waals surface area (Å²) in [5.74, 6) is -0.813. The highest BCUT2D eigenvalue weighted by atomic mass is 16.5. The monoisotopic (exact) mass is 367 g/mol. The van der Waals surface area contributed by atoms with Crippen LogP contribution in [0.15, 0.2) is 42.6 Å². The highest BCUT2D eigenvalue weighted by Crippen LogP contribution is 2.20. The molecule has 3 rings (SSSR count). The average Bonchev–Trinajstić information content (AvgIpc) is 2.98. The molecule has 27 heavy (non-hydrogen) atoms. The van der Waals surface area contributed by atoms with Crippen LogP contribution in [0.25, 0.3) is 0 Å². The molecular formula is C21H25N3O3. The number of benzene rings is 1. The van der Waals surface area contributed by atoms with E-state index in [1.54, 1.807) is 43.5 Å². The lowest BCUT2D eigenvalue weighted by molar-refractivity contribution is 0.0527. The lowest BCUT2D eigenvalue weighted by Gasteiger charge is -2.22. The molecular weight excluding hydrogens is 342 g/mol. The van der Waals surface area contributed by atoms with E-state index in [1.165, 1.54) is 25.7 Å². The summed E-state index contributed by atoms with van der Waals surface area (Å²) in [5.41, 5.74) is 2.10. The van der Waals surface area contributed by atoms with Crippen molar-refractivity contribution in [2.24, 2.45) is 0 Å². The molecule has 1 aliphatic heterocycles. The average molecular weight is 367 g/mol. The Balaban J connectivity index is 1.71. The molecule has 142 valence electrons. The molecule has 2 aromatic rings. The van der Waals surface area contributed by atoms with Crippen LogP contribution in [0.5, 0.6) is 0 Å². The molecule has 0 radical (unpaired) electrons. The highest BCUT2D eigenvalue weighted by molar-refractivity contribution is 6.07. The lowest BCUT2D eigenvalue weighted by atomic mass is 10.1.